The molecule has 0 heterocycles. The van der Waals surface area contributed by atoms with Gasteiger partial charge in [-0.25, -0.2) is 0 Å². The number of carbonyl (C=O) groups excluding carboxylic acids is 1. The summed E-state index contributed by atoms with van der Waals surface area (Å²) in [5, 5.41) is 9.64. The average molecular weight is 248 g/mol. The molecule has 98 valence electrons. The fraction of sp³-hybridized carbons (Fsp3) is 0.400. The molecule has 3 heteroatoms. The molecule has 0 saturated heterocycles. The van der Waals surface area contributed by atoms with E-state index in [1.807, 2.05) is 0 Å². The lowest BCUT2D eigenvalue weighted by atomic mass is 10.2. The van der Waals surface area contributed by atoms with E-state index in [4.69, 9.17) is 4.74 Å². The Morgan fingerprint density at radius 2 is 2.11 bits per heavy atom. The highest BCUT2D eigenvalue weighted by Gasteiger charge is 2.02. The summed E-state index contributed by atoms with van der Waals surface area (Å²) in [6.45, 7) is 2.77. The molecule has 0 bridgehead atoms. The molecule has 0 spiro atoms. The molecule has 1 aromatic rings. The molecular weight excluding hydrogens is 228 g/mol. The number of rotatable bonds is 8. The summed E-state index contributed by atoms with van der Waals surface area (Å²) >= 11 is 0. The first-order chi connectivity index (χ1) is 8.77. The minimum Gasteiger partial charge on any atom is -0.504 e. The van der Waals surface area contributed by atoms with Gasteiger partial charge >= 0.3 is 0 Å². The van der Waals surface area contributed by atoms with Gasteiger partial charge in [0.15, 0.2) is 11.5 Å². The minimum absolute atomic E-state index is 0.133. The molecule has 0 amide bonds. The van der Waals surface area contributed by atoms with E-state index in [-0.39, 0.29) is 5.75 Å². The van der Waals surface area contributed by atoms with E-state index in [1.165, 1.54) is 18.9 Å². The van der Waals surface area contributed by atoms with Crippen LogP contribution in [0.5, 0.6) is 11.5 Å². The largest absolute Gasteiger partial charge is 0.504 e. The number of aldehydes is 1. The number of hydrogen-bond donors (Lipinski definition) is 1. The Kier molecular flexibility index (Phi) is 6.62. The Balaban J connectivity index is 2.52. The van der Waals surface area contributed by atoms with Crippen LogP contribution in [0.1, 0.15) is 38.2 Å². The Bertz CT molecular complexity index is 397. The number of ether oxygens (including phenoxy) is 1. The van der Waals surface area contributed by atoms with Gasteiger partial charge in [0.25, 0.3) is 0 Å². The Morgan fingerprint density at radius 1 is 1.28 bits per heavy atom. The third-order valence-corrected chi connectivity index (χ3v) is 2.61. The van der Waals surface area contributed by atoms with Crippen LogP contribution in [-0.4, -0.2) is 18.0 Å². The van der Waals surface area contributed by atoms with E-state index in [0.717, 1.165) is 24.7 Å². The first-order valence-electron chi connectivity index (χ1n) is 6.35. The van der Waals surface area contributed by atoms with Crippen LogP contribution in [-0.2, 0) is 4.79 Å². The SMILES string of the molecule is CCCCCCOc1cc(/C=C/C=O)ccc1O. The normalized spacial score (nSPS) is 10.7. The zero-order chi connectivity index (χ0) is 13.2. The van der Waals surface area contributed by atoms with Crippen LogP contribution in [0.2, 0.25) is 0 Å². The fourth-order valence-electron chi connectivity index (χ4n) is 1.61. The van der Waals surface area contributed by atoms with Crippen molar-refractivity contribution >= 4 is 12.4 Å². The first-order valence-corrected chi connectivity index (χ1v) is 6.35. The van der Waals surface area contributed by atoms with Gasteiger partial charge < -0.3 is 9.84 Å². The van der Waals surface area contributed by atoms with Gasteiger partial charge in [0.2, 0.25) is 0 Å². The van der Waals surface area contributed by atoms with Crippen LogP contribution in [0.4, 0.5) is 0 Å². The van der Waals surface area contributed by atoms with Gasteiger partial charge in [-0.05, 0) is 30.2 Å². The smallest absolute Gasteiger partial charge is 0.161 e. The lowest BCUT2D eigenvalue weighted by Crippen LogP contribution is -1.97. The number of benzene rings is 1. The zero-order valence-corrected chi connectivity index (χ0v) is 10.8. The zero-order valence-electron chi connectivity index (χ0n) is 10.8. The van der Waals surface area contributed by atoms with Crippen LogP contribution >= 0.6 is 0 Å². The van der Waals surface area contributed by atoms with Gasteiger partial charge in [0, 0.05) is 0 Å². The minimum atomic E-state index is 0.133. The quantitative estimate of drug-likeness (QED) is 0.434. The van der Waals surface area contributed by atoms with E-state index < -0.39 is 0 Å². The second kappa shape index (κ2) is 8.34. The van der Waals surface area contributed by atoms with Gasteiger partial charge in [0.05, 0.1) is 6.61 Å². The number of phenolic OH excluding ortho intramolecular Hbond substituents is 1. The fourth-order valence-corrected chi connectivity index (χ4v) is 1.61. The second-order valence-electron chi connectivity index (χ2n) is 4.13. The maximum atomic E-state index is 10.2. The van der Waals surface area contributed by atoms with Crippen molar-refractivity contribution in [2.45, 2.75) is 32.6 Å². The summed E-state index contributed by atoms with van der Waals surface area (Å²) in [7, 11) is 0. The van der Waals surface area contributed by atoms with Crippen LogP contribution in [0.25, 0.3) is 6.08 Å². The molecule has 0 unspecified atom stereocenters. The van der Waals surface area contributed by atoms with Gasteiger partial charge in [0.1, 0.15) is 6.29 Å². The number of unbranched alkanes of at least 4 members (excludes halogenated alkanes) is 3. The molecule has 3 nitrogen and oxygen atoms in total. The van der Waals surface area contributed by atoms with Gasteiger partial charge in [-0.3, -0.25) is 4.79 Å². The van der Waals surface area contributed by atoms with Crippen LogP contribution in [0, 0.1) is 0 Å². The van der Waals surface area contributed by atoms with Crippen molar-refractivity contribution in [2.24, 2.45) is 0 Å². The number of allylic oxidation sites excluding steroid dienone is 1. The van der Waals surface area contributed by atoms with Crippen LogP contribution in [0.3, 0.4) is 0 Å². The van der Waals surface area contributed by atoms with Crippen molar-refractivity contribution in [2.75, 3.05) is 6.61 Å². The van der Waals surface area contributed by atoms with Crippen molar-refractivity contribution in [1.82, 2.24) is 0 Å². The molecule has 0 radical (unpaired) electrons. The molecule has 0 aliphatic heterocycles. The van der Waals surface area contributed by atoms with E-state index in [1.54, 1.807) is 24.3 Å². The van der Waals surface area contributed by atoms with E-state index in [2.05, 4.69) is 6.92 Å². The molecule has 18 heavy (non-hydrogen) atoms. The highest BCUT2D eigenvalue weighted by Crippen LogP contribution is 2.27. The Hall–Kier alpha value is -1.77. The van der Waals surface area contributed by atoms with Gasteiger partial charge in [-0.15, -0.1) is 0 Å². The van der Waals surface area contributed by atoms with Crippen molar-refractivity contribution in [1.29, 1.82) is 0 Å². The Labute approximate surface area is 108 Å². The molecular formula is C15H20O3. The summed E-state index contributed by atoms with van der Waals surface area (Å²) in [6.07, 6.45) is 8.34. The maximum absolute atomic E-state index is 10.2. The summed E-state index contributed by atoms with van der Waals surface area (Å²) in [6, 6.07) is 5.04. The monoisotopic (exact) mass is 248 g/mol. The molecule has 0 atom stereocenters. The highest BCUT2D eigenvalue weighted by molar-refractivity contribution is 5.74. The van der Waals surface area contributed by atoms with Crippen molar-refractivity contribution < 1.29 is 14.6 Å². The number of carbonyl (C=O) groups is 1. The molecule has 1 aromatic carbocycles. The summed E-state index contributed by atoms with van der Waals surface area (Å²) in [5.74, 6) is 0.605. The standard InChI is InChI=1S/C15H20O3/c1-2-3-4-5-11-18-15-12-13(7-6-10-16)8-9-14(15)17/h6-10,12,17H,2-5,11H2,1H3/b7-6+. The van der Waals surface area contributed by atoms with Crippen LogP contribution < -0.4 is 4.74 Å². The molecule has 0 aliphatic rings. The van der Waals surface area contributed by atoms with Gasteiger partial charge in [-0.1, -0.05) is 38.3 Å². The van der Waals surface area contributed by atoms with Crippen molar-refractivity contribution in [3.63, 3.8) is 0 Å². The molecule has 0 saturated carbocycles. The van der Waals surface area contributed by atoms with Crippen molar-refractivity contribution in [3.8, 4) is 11.5 Å². The van der Waals surface area contributed by atoms with Gasteiger partial charge in [-0.2, -0.15) is 0 Å². The average Bonchev–Trinajstić information content (AvgIpc) is 2.39. The highest BCUT2D eigenvalue weighted by atomic mass is 16.5. The predicted molar refractivity (Wildman–Crippen MR) is 72.8 cm³/mol. The maximum Gasteiger partial charge on any atom is 0.161 e. The molecule has 0 aromatic heterocycles. The number of aromatic hydroxyl groups is 1. The Morgan fingerprint density at radius 3 is 2.83 bits per heavy atom. The summed E-state index contributed by atoms with van der Waals surface area (Å²) < 4.78 is 5.53. The summed E-state index contributed by atoms with van der Waals surface area (Å²) in [5.41, 5.74) is 0.837. The lowest BCUT2D eigenvalue weighted by Gasteiger charge is -2.08. The molecule has 1 rings (SSSR count). The third-order valence-electron chi connectivity index (χ3n) is 2.61. The second-order valence-corrected chi connectivity index (χ2v) is 4.13. The van der Waals surface area contributed by atoms with E-state index in [9.17, 15) is 9.90 Å². The predicted octanol–water partition coefficient (Wildman–Crippen LogP) is 3.56. The van der Waals surface area contributed by atoms with Crippen molar-refractivity contribution in [3.05, 3.63) is 29.8 Å². The third kappa shape index (κ3) is 5.04. The first kappa shape index (κ1) is 14.3. The van der Waals surface area contributed by atoms with Crippen LogP contribution in [0.15, 0.2) is 24.3 Å². The number of phenols is 1. The van der Waals surface area contributed by atoms with E-state index in [0.29, 0.717) is 12.4 Å². The summed E-state index contributed by atoms with van der Waals surface area (Å²) in [4.78, 5) is 10.2. The molecule has 1 N–H and O–H groups in total. The number of hydrogen-bond acceptors (Lipinski definition) is 3. The van der Waals surface area contributed by atoms with E-state index >= 15 is 0 Å². The lowest BCUT2D eigenvalue weighted by molar-refractivity contribution is -0.104. The molecule has 0 aliphatic carbocycles. The topological polar surface area (TPSA) is 46.5 Å². The molecule has 0 fully saturated rings.